The molecule has 1 heteroatoms. The predicted octanol–water partition coefficient (Wildman–Crippen LogP) is 6.63. The predicted molar refractivity (Wildman–Crippen MR) is 101 cm³/mol. The molecule has 0 nitrogen and oxygen atoms in total. The Kier molecular flexibility index (Phi) is 5.30. The first-order chi connectivity index (χ1) is 11.7. The first kappa shape index (κ1) is 16.7. The second-order valence-electron chi connectivity index (χ2n) is 6.52. The van der Waals surface area contributed by atoms with E-state index in [0.29, 0.717) is 0 Å². The Balaban J connectivity index is 1.76. The molecular weight excluding hydrogens is 295 g/mol. The molecule has 124 valence electrons. The van der Waals surface area contributed by atoms with Gasteiger partial charge < -0.3 is 0 Å². The van der Waals surface area contributed by atoms with Gasteiger partial charge in [-0.05, 0) is 53.2 Å². The smallest absolute Gasteiger partial charge is 0.108 e. The van der Waals surface area contributed by atoms with E-state index in [4.69, 9.17) is 0 Å². The highest BCUT2D eigenvalue weighted by molar-refractivity contribution is 5.76. The van der Waals surface area contributed by atoms with Crippen LogP contribution in [-0.4, -0.2) is 0 Å². The second kappa shape index (κ2) is 7.61. The Morgan fingerprint density at radius 2 is 1.58 bits per heavy atom. The number of allylic oxidation sites excluding steroid dienone is 4. The fraction of sp³-hybridized carbons (Fsp3) is 0.304. The number of aryl methyl sites for hydroxylation is 2. The largest absolute Gasteiger partial charge is 0.211 e. The van der Waals surface area contributed by atoms with Gasteiger partial charge in [0.05, 0.1) is 0 Å². The molecule has 0 amide bonds. The summed E-state index contributed by atoms with van der Waals surface area (Å²) in [7, 11) is 0. The highest BCUT2D eigenvalue weighted by Crippen LogP contribution is 2.36. The van der Waals surface area contributed by atoms with E-state index < -0.39 is 0 Å². The van der Waals surface area contributed by atoms with Crippen molar-refractivity contribution >= 4 is 5.57 Å². The van der Waals surface area contributed by atoms with Gasteiger partial charge in [0.1, 0.15) is 5.83 Å². The van der Waals surface area contributed by atoms with Gasteiger partial charge in [-0.1, -0.05) is 74.9 Å². The fourth-order valence-corrected chi connectivity index (χ4v) is 3.30. The van der Waals surface area contributed by atoms with Crippen LogP contribution in [-0.2, 0) is 12.8 Å². The molecule has 0 saturated carbocycles. The molecule has 1 aliphatic carbocycles. The number of hydrogen-bond acceptors (Lipinski definition) is 0. The van der Waals surface area contributed by atoms with E-state index in [1.54, 1.807) is 6.08 Å². The zero-order valence-corrected chi connectivity index (χ0v) is 14.6. The molecule has 0 spiro atoms. The molecule has 1 atom stereocenters. The SMILES string of the molecule is CCCc1ccc(C2=CCC(c3ccc(CC)cc3)C(F)=C2)cc1. The Labute approximate surface area is 144 Å². The third-order valence-corrected chi connectivity index (χ3v) is 4.82. The maximum atomic E-state index is 14.7. The third-order valence-electron chi connectivity index (χ3n) is 4.82. The number of rotatable bonds is 5. The maximum absolute atomic E-state index is 14.7. The summed E-state index contributed by atoms with van der Waals surface area (Å²) in [5.74, 6) is -0.173. The zero-order valence-electron chi connectivity index (χ0n) is 14.6. The highest BCUT2D eigenvalue weighted by Gasteiger charge is 2.20. The molecule has 0 aliphatic heterocycles. The third kappa shape index (κ3) is 3.67. The quantitative estimate of drug-likeness (QED) is 0.580. The summed E-state index contributed by atoms with van der Waals surface area (Å²) >= 11 is 0. The van der Waals surface area contributed by atoms with Crippen molar-refractivity contribution < 1.29 is 4.39 Å². The summed E-state index contributed by atoms with van der Waals surface area (Å²) in [5.41, 5.74) is 5.80. The van der Waals surface area contributed by atoms with Crippen LogP contribution in [0.4, 0.5) is 4.39 Å². The van der Waals surface area contributed by atoms with Crippen LogP contribution in [0.2, 0.25) is 0 Å². The standard InChI is InChI=1S/C23H25F/c1-3-5-18-8-10-19(11-9-18)21-14-15-22(23(24)16-21)20-12-6-17(4-2)7-13-20/h6-14,16,22H,3-5,15H2,1-2H3. The summed E-state index contributed by atoms with van der Waals surface area (Å²) in [4.78, 5) is 0. The number of benzene rings is 2. The van der Waals surface area contributed by atoms with Gasteiger partial charge in [-0.2, -0.15) is 0 Å². The van der Waals surface area contributed by atoms with Crippen LogP contribution in [0, 0.1) is 0 Å². The number of hydrogen-bond donors (Lipinski definition) is 0. The summed E-state index contributed by atoms with van der Waals surface area (Å²) in [6.07, 6.45) is 7.85. The van der Waals surface area contributed by atoms with Crippen molar-refractivity contribution in [1.29, 1.82) is 0 Å². The minimum atomic E-state index is -0.140. The lowest BCUT2D eigenvalue weighted by atomic mass is 9.86. The van der Waals surface area contributed by atoms with Crippen LogP contribution < -0.4 is 0 Å². The molecule has 0 bridgehead atoms. The molecule has 0 heterocycles. The van der Waals surface area contributed by atoms with Crippen molar-refractivity contribution in [1.82, 2.24) is 0 Å². The monoisotopic (exact) mass is 320 g/mol. The van der Waals surface area contributed by atoms with Crippen LogP contribution in [0.25, 0.3) is 5.57 Å². The van der Waals surface area contributed by atoms with Crippen molar-refractivity contribution in [2.45, 2.75) is 45.4 Å². The average Bonchev–Trinajstić information content (AvgIpc) is 2.63. The summed E-state index contributed by atoms with van der Waals surface area (Å²) in [6, 6.07) is 16.9. The lowest BCUT2D eigenvalue weighted by Gasteiger charge is -2.20. The Bertz CT molecular complexity index is 733. The molecule has 0 saturated heterocycles. The maximum Gasteiger partial charge on any atom is 0.108 e. The molecule has 0 fully saturated rings. The van der Waals surface area contributed by atoms with Crippen molar-refractivity contribution in [3.63, 3.8) is 0 Å². The summed E-state index contributed by atoms with van der Waals surface area (Å²) in [5, 5.41) is 0. The summed E-state index contributed by atoms with van der Waals surface area (Å²) in [6.45, 7) is 4.32. The Hall–Kier alpha value is -2.15. The fourth-order valence-electron chi connectivity index (χ4n) is 3.30. The Morgan fingerprint density at radius 3 is 2.17 bits per heavy atom. The first-order valence-electron chi connectivity index (χ1n) is 8.96. The molecule has 0 N–H and O–H groups in total. The number of halogens is 1. The van der Waals surface area contributed by atoms with Crippen molar-refractivity contribution in [3.05, 3.63) is 88.8 Å². The van der Waals surface area contributed by atoms with Crippen LogP contribution in [0.3, 0.4) is 0 Å². The van der Waals surface area contributed by atoms with Gasteiger partial charge in [0.15, 0.2) is 0 Å². The molecule has 0 aromatic heterocycles. The molecule has 2 aromatic carbocycles. The molecule has 3 rings (SSSR count). The molecule has 0 radical (unpaired) electrons. The molecule has 24 heavy (non-hydrogen) atoms. The van der Waals surface area contributed by atoms with Gasteiger partial charge in [0.25, 0.3) is 0 Å². The highest BCUT2D eigenvalue weighted by atomic mass is 19.1. The average molecular weight is 320 g/mol. The molecule has 1 unspecified atom stereocenters. The summed E-state index contributed by atoms with van der Waals surface area (Å²) < 4.78 is 14.7. The molecular formula is C23H25F. The van der Waals surface area contributed by atoms with Crippen LogP contribution in [0.1, 0.15) is 54.9 Å². The second-order valence-corrected chi connectivity index (χ2v) is 6.52. The van der Waals surface area contributed by atoms with Crippen LogP contribution in [0.5, 0.6) is 0 Å². The lowest BCUT2D eigenvalue weighted by molar-refractivity contribution is 0.542. The Morgan fingerprint density at radius 1 is 0.917 bits per heavy atom. The van der Waals surface area contributed by atoms with E-state index in [1.165, 1.54) is 11.1 Å². The van der Waals surface area contributed by atoms with Gasteiger partial charge in [-0.25, -0.2) is 4.39 Å². The van der Waals surface area contributed by atoms with Crippen LogP contribution >= 0.6 is 0 Å². The minimum absolute atomic E-state index is 0.0330. The zero-order chi connectivity index (χ0) is 16.9. The van der Waals surface area contributed by atoms with Crippen molar-refractivity contribution in [3.8, 4) is 0 Å². The van der Waals surface area contributed by atoms with E-state index in [1.807, 2.05) is 0 Å². The van der Waals surface area contributed by atoms with Gasteiger partial charge in [-0.15, -0.1) is 0 Å². The first-order valence-corrected chi connectivity index (χ1v) is 8.96. The van der Waals surface area contributed by atoms with Crippen molar-refractivity contribution in [2.75, 3.05) is 0 Å². The lowest BCUT2D eigenvalue weighted by Crippen LogP contribution is -2.03. The van der Waals surface area contributed by atoms with Gasteiger partial charge in [0.2, 0.25) is 0 Å². The topological polar surface area (TPSA) is 0 Å². The molecule has 2 aromatic rings. The van der Waals surface area contributed by atoms with Gasteiger partial charge >= 0.3 is 0 Å². The van der Waals surface area contributed by atoms with Gasteiger partial charge in [-0.3, -0.25) is 0 Å². The van der Waals surface area contributed by atoms with E-state index in [0.717, 1.165) is 42.4 Å². The normalized spacial score (nSPS) is 17.4. The van der Waals surface area contributed by atoms with E-state index in [2.05, 4.69) is 68.5 Å². The van der Waals surface area contributed by atoms with E-state index in [9.17, 15) is 4.39 Å². The van der Waals surface area contributed by atoms with Gasteiger partial charge in [0, 0.05) is 5.92 Å². The van der Waals surface area contributed by atoms with E-state index in [-0.39, 0.29) is 11.7 Å². The minimum Gasteiger partial charge on any atom is -0.211 e. The van der Waals surface area contributed by atoms with Crippen LogP contribution in [0.15, 0.2) is 66.5 Å². The van der Waals surface area contributed by atoms with E-state index >= 15 is 0 Å². The van der Waals surface area contributed by atoms with Crippen molar-refractivity contribution in [2.24, 2.45) is 0 Å². The molecule has 1 aliphatic rings.